The van der Waals surface area contributed by atoms with E-state index in [0.29, 0.717) is 21.1 Å². The van der Waals surface area contributed by atoms with Crippen LogP contribution < -0.4 is 4.74 Å². The van der Waals surface area contributed by atoms with Gasteiger partial charge in [0.05, 0.1) is 5.02 Å². The van der Waals surface area contributed by atoms with Gasteiger partial charge in [0.2, 0.25) is 5.78 Å². The Morgan fingerprint density at radius 2 is 1.90 bits per heavy atom. The molecule has 2 N–H and O–H groups in total. The Balaban J connectivity index is 1.68. The largest absolute Gasteiger partial charge is 0.504 e. The second kappa shape index (κ2) is 7.73. The average Bonchev–Trinajstić information content (AvgIpc) is 3.11. The molecule has 0 unspecified atom stereocenters. The fourth-order valence-electron chi connectivity index (χ4n) is 2.92. The van der Waals surface area contributed by atoms with E-state index in [1.807, 2.05) is 0 Å². The molecule has 0 saturated carbocycles. The molecule has 0 spiro atoms. The lowest BCUT2D eigenvalue weighted by molar-refractivity contribution is 0.103. The third kappa shape index (κ3) is 3.77. The summed E-state index contributed by atoms with van der Waals surface area (Å²) < 4.78 is 20.0. The third-order valence-corrected chi connectivity index (χ3v) is 4.83. The first-order valence-corrected chi connectivity index (χ1v) is 9.25. The van der Waals surface area contributed by atoms with E-state index in [1.54, 1.807) is 30.3 Å². The molecule has 5 nitrogen and oxygen atoms in total. The molecule has 4 rings (SSSR count). The predicted octanol–water partition coefficient (Wildman–Crippen LogP) is 5.52. The number of carbonyl (C=O) groups excluding carboxylic acids is 1. The molecule has 0 aliphatic heterocycles. The minimum atomic E-state index is -0.865. The van der Waals surface area contributed by atoms with E-state index in [-0.39, 0.29) is 17.9 Å². The summed E-state index contributed by atoms with van der Waals surface area (Å²) in [7, 11) is 0. The first-order chi connectivity index (χ1) is 13.9. The van der Waals surface area contributed by atoms with Crippen molar-refractivity contribution >= 4 is 40.0 Å². The highest BCUT2D eigenvalue weighted by atomic mass is 35.5. The minimum Gasteiger partial charge on any atom is -0.504 e. The summed E-state index contributed by atoms with van der Waals surface area (Å²) in [5.41, 5.74) is 0.870. The normalized spacial score (nSPS) is 11.0. The van der Waals surface area contributed by atoms with Crippen molar-refractivity contribution in [1.82, 2.24) is 9.97 Å². The molecule has 0 bridgehead atoms. The number of ether oxygens (including phenoxy) is 1. The third-order valence-electron chi connectivity index (χ3n) is 4.37. The SMILES string of the molecule is O=C(c1c(F)ccc(OCc2ccc(Cl)cc2)c1O)c1c[nH]c2ncc(Cl)cc12. The molecule has 2 aromatic carbocycles. The van der Waals surface area contributed by atoms with Crippen molar-refractivity contribution in [2.24, 2.45) is 0 Å². The highest BCUT2D eigenvalue weighted by Gasteiger charge is 2.24. The number of nitrogens with one attached hydrogen (secondary N) is 1. The van der Waals surface area contributed by atoms with Gasteiger partial charge in [0, 0.05) is 28.4 Å². The topological polar surface area (TPSA) is 75.2 Å². The molecule has 2 aromatic heterocycles. The lowest BCUT2D eigenvalue weighted by Crippen LogP contribution is -2.06. The molecule has 0 saturated heterocycles. The zero-order valence-electron chi connectivity index (χ0n) is 14.7. The molecule has 4 aromatic rings. The summed E-state index contributed by atoms with van der Waals surface area (Å²) in [5.74, 6) is -2.17. The number of halogens is 3. The monoisotopic (exact) mass is 430 g/mol. The first kappa shape index (κ1) is 19.2. The van der Waals surface area contributed by atoms with Crippen LogP contribution in [0.3, 0.4) is 0 Å². The van der Waals surface area contributed by atoms with Gasteiger partial charge < -0.3 is 14.8 Å². The molecule has 0 aliphatic carbocycles. The number of benzene rings is 2. The Kier molecular flexibility index (Phi) is 5.13. The predicted molar refractivity (Wildman–Crippen MR) is 108 cm³/mol. The van der Waals surface area contributed by atoms with Crippen molar-refractivity contribution in [2.45, 2.75) is 6.61 Å². The number of phenolic OH excluding ortho intramolecular Hbond substituents is 1. The Morgan fingerprint density at radius 3 is 2.66 bits per heavy atom. The number of fused-ring (bicyclic) bond motifs is 1. The molecule has 2 heterocycles. The van der Waals surface area contributed by atoms with Crippen LogP contribution in [0.4, 0.5) is 4.39 Å². The van der Waals surface area contributed by atoms with Gasteiger partial charge in [0.25, 0.3) is 0 Å². The van der Waals surface area contributed by atoms with Crippen molar-refractivity contribution < 1.29 is 19.0 Å². The number of aromatic hydroxyl groups is 1. The molecule has 0 radical (unpaired) electrons. The van der Waals surface area contributed by atoms with Crippen LogP contribution >= 0.6 is 23.2 Å². The maximum Gasteiger partial charge on any atom is 0.202 e. The fraction of sp³-hybridized carbons (Fsp3) is 0.0476. The quantitative estimate of drug-likeness (QED) is 0.408. The van der Waals surface area contributed by atoms with E-state index in [9.17, 15) is 14.3 Å². The van der Waals surface area contributed by atoms with Crippen LogP contribution in [0.5, 0.6) is 11.5 Å². The minimum absolute atomic E-state index is 0.0132. The van der Waals surface area contributed by atoms with Crippen LogP contribution in [0.1, 0.15) is 21.5 Å². The Labute approximate surface area is 174 Å². The molecular weight excluding hydrogens is 418 g/mol. The van der Waals surface area contributed by atoms with Gasteiger partial charge in [-0.2, -0.15) is 0 Å². The van der Waals surface area contributed by atoms with Crippen molar-refractivity contribution in [3.63, 3.8) is 0 Å². The fourth-order valence-corrected chi connectivity index (χ4v) is 3.21. The summed E-state index contributed by atoms with van der Waals surface area (Å²) in [6.45, 7) is 0.108. The van der Waals surface area contributed by atoms with Gasteiger partial charge in [0.1, 0.15) is 23.6 Å². The summed E-state index contributed by atoms with van der Waals surface area (Å²) in [6, 6.07) is 10.8. The van der Waals surface area contributed by atoms with Crippen LogP contribution in [-0.2, 0) is 6.61 Å². The Bertz CT molecular complexity index is 1220. The van der Waals surface area contributed by atoms with E-state index < -0.39 is 22.9 Å². The van der Waals surface area contributed by atoms with Gasteiger partial charge in [-0.1, -0.05) is 35.3 Å². The summed E-state index contributed by atoms with van der Waals surface area (Å²) in [4.78, 5) is 19.9. The van der Waals surface area contributed by atoms with Crippen molar-refractivity contribution in [2.75, 3.05) is 0 Å². The van der Waals surface area contributed by atoms with Crippen LogP contribution in [-0.4, -0.2) is 20.9 Å². The number of H-pyrrole nitrogens is 1. The van der Waals surface area contributed by atoms with E-state index in [4.69, 9.17) is 27.9 Å². The van der Waals surface area contributed by atoms with E-state index in [1.165, 1.54) is 18.5 Å². The second-order valence-corrected chi connectivity index (χ2v) is 7.14. The molecule has 146 valence electrons. The zero-order valence-corrected chi connectivity index (χ0v) is 16.3. The van der Waals surface area contributed by atoms with Crippen LogP contribution in [0.25, 0.3) is 11.0 Å². The van der Waals surface area contributed by atoms with Crippen LogP contribution in [0, 0.1) is 5.82 Å². The van der Waals surface area contributed by atoms with Gasteiger partial charge in [-0.3, -0.25) is 4.79 Å². The Hall–Kier alpha value is -3.09. The number of aromatic nitrogens is 2. The van der Waals surface area contributed by atoms with E-state index >= 15 is 0 Å². The number of carbonyl (C=O) groups is 1. The maximum atomic E-state index is 14.5. The zero-order chi connectivity index (χ0) is 20.5. The molecule has 8 heteroatoms. The molecule has 0 atom stereocenters. The maximum absolute atomic E-state index is 14.5. The average molecular weight is 431 g/mol. The first-order valence-electron chi connectivity index (χ1n) is 8.50. The number of ketones is 1. The van der Waals surface area contributed by atoms with E-state index in [2.05, 4.69) is 9.97 Å². The summed E-state index contributed by atoms with van der Waals surface area (Å²) in [6.07, 6.45) is 2.83. The van der Waals surface area contributed by atoms with E-state index in [0.717, 1.165) is 11.6 Å². The number of hydrogen-bond acceptors (Lipinski definition) is 4. The second-order valence-electron chi connectivity index (χ2n) is 6.27. The smallest absolute Gasteiger partial charge is 0.202 e. The molecule has 0 amide bonds. The van der Waals surface area contributed by atoms with Gasteiger partial charge in [0.15, 0.2) is 11.5 Å². The van der Waals surface area contributed by atoms with Gasteiger partial charge in [-0.05, 0) is 35.9 Å². The summed E-state index contributed by atoms with van der Waals surface area (Å²) >= 11 is 11.8. The van der Waals surface area contributed by atoms with Crippen LogP contribution in [0.2, 0.25) is 10.0 Å². The van der Waals surface area contributed by atoms with Gasteiger partial charge in [-0.15, -0.1) is 0 Å². The standard InChI is InChI=1S/C21H13Cl2FN2O3/c22-12-3-1-11(2-4-12)10-29-17-6-5-16(24)18(20(17)28)19(27)15-9-26-21-14(15)7-13(23)8-25-21/h1-9,28H,10H2,(H,25,26). The highest BCUT2D eigenvalue weighted by Crippen LogP contribution is 2.35. The highest BCUT2D eigenvalue weighted by molar-refractivity contribution is 6.31. The van der Waals surface area contributed by atoms with Crippen molar-refractivity contribution in [3.05, 3.63) is 87.4 Å². The molecular formula is C21H13Cl2FN2O3. The molecule has 29 heavy (non-hydrogen) atoms. The van der Waals surface area contributed by atoms with Gasteiger partial charge in [-0.25, -0.2) is 9.37 Å². The Morgan fingerprint density at radius 1 is 1.14 bits per heavy atom. The number of aromatic amines is 1. The lowest BCUT2D eigenvalue weighted by atomic mass is 10.0. The molecule has 0 fully saturated rings. The van der Waals surface area contributed by atoms with Crippen molar-refractivity contribution in [3.8, 4) is 11.5 Å². The number of rotatable bonds is 5. The number of nitrogens with zero attached hydrogens (tertiary/aromatic N) is 1. The summed E-state index contributed by atoms with van der Waals surface area (Å²) in [5, 5.41) is 11.9. The lowest BCUT2D eigenvalue weighted by Gasteiger charge is -2.12. The van der Waals surface area contributed by atoms with Crippen LogP contribution in [0.15, 0.2) is 54.9 Å². The number of phenols is 1. The molecule has 0 aliphatic rings. The van der Waals surface area contributed by atoms with Gasteiger partial charge >= 0.3 is 0 Å². The van der Waals surface area contributed by atoms with Crippen molar-refractivity contribution in [1.29, 1.82) is 0 Å². The number of hydrogen-bond donors (Lipinski definition) is 2. The number of pyridine rings is 1.